The second kappa shape index (κ2) is 9.97. The first-order valence-electron chi connectivity index (χ1n) is 11.2. The highest BCUT2D eigenvalue weighted by Gasteiger charge is 2.34. The third-order valence-electron chi connectivity index (χ3n) is 5.93. The van der Waals surface area contributed by atoms with Crippen LogP contribution in [0.25, 0.3) is 11.6 Å². The molecule has 10 heteroatoms. The minimum atomic E-state index is -4.00. The standard InChI is InChI=1S/C26H26ClFN2O4S2/c1-17-6-4-7-22(12-17)36(33,34)30-16-21(29-35(3,31)32)15-20-11-10-19(14-25(20)30)13-18(2)26-23(27)8-5-9-24(26)28/h4-14,21,29H,15-16H2,1-3H3/b18-13+/t21-/m0/s1. The van der Waals surface area contributed by atoms with Crippen LogP contribution in [0.3, 0.4) is 0 Å². The Hall–Kier alpha value is -2.72. The molecule has 0 saturated carbocycles. The van der Waals surface area contributed by atoms with Crippen molar-refractivity contribution in [2.75, 3.05) is 17.1 Å². The average Bonchev–Trinajstić information content (AvgIpc) is 2.77. The van der Waals surface area contributed by atoms with Crippen LogP contribution in [-0.4, -0.2) is 35.7 Å². The molecular formula is C26H26ClFN2O4S2. The molecule has 3 aromatic rings. The van der Waals surface area contributed by atoms with E-state index in [1.807, 2.05) is 0 Å². The van der Waals surface area contributed by atoms with E-state index in [4.69, 9.17) is 11.6 Å². The van der Waals surface area contributed by atoms with E-state index in [-0.39, 0.29) is 22.0 Å². The van der Waals surface area contributed by atoms with Gasteiger partial charge in [-0.3, -0.25) is 4.31 Å². The van der Waals surface area contributed by atoms with Crippen molar-refractivity contribution in [2.24, 2.45) is 0 Å². The summed E-state index contributed by atoms with van der Waals surface area (Å²) in [6, 6.07) is 15.7. The lowest BCUT2D eigenvalue weighted by atomic mass is 9.97. The lowest BCUT2D eigenvalue weighted by Crippen LogP contribution is -2.49. The summed E-state index contributed by atoms with van der Waals surface area (Å²) in [6.07, 6.45) is 3.11. The molecule has 4 rings (SSSR count). The molecule has 0 bridgehead atoms. The van der Waals surface area contributed by atoms with E-state index in [0.717, 1.165) is 11.8 Å². The van der Waals surface area contributed by atoms with E-state index in [1.165, 1.54) is 22.5 Å². The van der Waals surface area contributed by atoms with Crippen LogP contribution in [0.1, 0.15) is 29.2 Å². The van der Waals surface area contributed by atoms with Crippen LogP contribution in [0.15, 0.2) is 65.6 Å². The molecule has 0 unspecified atom stereocenters. The molecule has 1 heterocycles. The van der Waals surface area contributed by atoms with Crippen LogP contribution in [-0.2, 0) is 26.5 Å². The Morgan fingerprint density at radius 3 is 2.47 bits per heavy atom. The third kappa shape index (κ3) is 5.64. The Labute approximate surface area is 216 Å². The van der Waals surface area contributed by atoms with Gasteiger partial charge in [-0.05, 0) is 72.9 Å². The fourth-order valence-corrected chi connectivity index (χ4v) is 7.13. The summed E-state index contributed by atoms with van der Waals surface area (Å²) in [5, 5.41) is 0.278. The van der Waals surface area contributed by atoms with Crippen molar-refractivity contribution in [2.45, 2.75) is 31.2 Å². The summed E-state index contributed by atoms with van der Waals surface area (Å²) < 4.78 is 69.5. The van der Waals surface area contributed by atoms with Gasteiger partial charge in [0.05, 0.1) is 28.4 Å². The average molecular weight is 549 g/mol. The Balaban J connectivity index is 1.82. The van der Waals surface area contributed by atoms with E-state index in [1.54, 1.807) is 62.4 Å². The van der Waals surface area contributed by atoms with Crippen molar-refractivity contribution in [3.63, 3.8) is 0 Å². The topological polar surface area (TPSA) is 83.6 Å². The number of nitrogens with one attached hydrogen (secondary N) is 1. The van der Waals surface area contributed by atoms with E-state index in [9.17, 15) is 21.2 Å². The zero-order valence-electron chi connectivity index (χ0n) is 20.0. The monoisotopic (exact) mass is 548 g/mol. The van der Waals surface area contributed by atoms with E-state index in [0.29, 0.717) is 28.8 Å². The first kappa shape index (κ1) is 26.3. The SMILES string of the molecule is C/C(=C\c1ccc2c(c1)N(S(=O)(=O)c1cccc(C)c1)C[C@@H](NS(C)(=O)=O)C2)c1c(F)cccc1Cl. The largest absolute Gasteiger partial charge is 0.264 e. The molecule has 36 heavy (non-hydrogen) atoms. The van der Waals surface area contributed by atoms with Gasteiger partial charge >= 0.3 is 0 Å². The number of aryl methyl sites for hydroxylation is 1. The highest BCUT2D eigenvalue weighted by Crippen LogP contribution is 2.35. The Kier molecular flexibility index (Phi) is 7.30. The minimum Gasteiger partial charge on any atom is -0.264 e. The van der Waals surface area contributed by atoms with Gasteiger partial charge in [0.15, 0.2) is 0 Å². The van der Waals surface area contributed by atoms with Gasteiger partial charge < -0.3 is 0 Å². The van der Waals surface area contributed by atoms with Gasteiger partial charge in [0.25, 0.3) is 10.0 Å². The van der Waals surface area contributed by atoms with Gasteiger partial charge in [0.1, 0.15) is 5.82 Å². The molecule has 0 aromatic heterocycles. The number of nitrogens with zero attached hydrogens (tertiary/aromatic N) is 1. The fraction of sp³-hybridized carbons (Fsp3) is 0.231. The number of anilines is 1. The van der Waals surface area contributed by atoms with Crippen LogP contribution in [0.2, 0.25) is 5.02 Å². The predicted octanol–water partition coefficient (Wildman–Crippen LogP) is 5.02. The first-order chi connectivity index (χ1) is 16.8. The van der Waals surface area contributed by atoms with Crippen molar-refractivity contribution in [3.8, 4) is 0 Å². The van der Waals surface area contributed by atoms with Gasteiger partial charge in [0.2, 0.25) is 10.0 Å². The lowest BCUT2D eigenvalue weighted by molar-refractivity contribution is 0.536. The lowest BCUT2D eigenvalue weighted by Gasteiger charge is -2.35. The van der Waals surface area contributed by atoms with Gasteiger partial charge in [0, 0.05) is 11.6 Å². The number of allylic oxidation sites excluding steroid dienone is 1. The highest BCUT2D eigenvalue weighted by molar-refractivity contribution is 7.92. The Morgan fingerprint density at radius 1 is 1.08 bits per heavy atom. The van der Waals surface area contributed by atoms with Crippen molar-refractivity contribution in [1.82, 2.24) is 4.72 Å². The molecule has 0 spiro atoms. The summed E-state index contributed by atoms with van der Waals surface area (Å²) in [5.74, 6) is -0.451. The molecule has 0 aliphatic carbocycles. The number of sulfonamides is 2. The maximum atomic E-state index is 14.4. The molecule has 1 aliphatic heterocycles. The number of benzene rings is 3. The molecule has 1 aliphatic rings. The third-order valence-corrected chi connectivity index (χ3v) is 8.78. The summed E-state index contributed by atoms with van der Waals surface area (Å²) in [5.41, 5.74) is 3.43. The second-order valence-electron chi connectivity index (χ2n) is 8.96. The number of hydrogen-bond donors (Lipinski definition) is 1. The fourth-order valence-electron chi connectivity index (χ4n) is 4.41. The Morgan fingerprint density at radius 2 is 1.81 bits per heavy atom. The molecular weight excluding hydrogens is 523 g/mol. The smallest absolute Gasteiger partial charge is 0.264 e. The summed E-state index contributed by atoms with van der Waals surface area (Å²) in [7, 11) is -7.56. The van der Waals surface area contributed by atoms with Crippen LogP contribution < -0.4 is 9.03 Å². The molecule has 0 fully saturated rings. The maximum Gasteiger partial charge on any atom is 0.264 e. The molecule has 1 N–H and O–H groups in total. The van der Waals surface area contributed by atoms with Crippen molar-refractivity contribution < 1.29 is 21.2 Å². The zero-order valence-corrected chi connectivity index (χ0v) is 22.4. The molecule has 190 valence electrons. The van der Waals surface area contributed by atoms with Crippen LogP contribution in [0, 0.1) is 12.7 Å². The number of hydrogen-bond acceptors (Lipinski definition) is 4. The van der Waals surface area contributed by atoms with Crippen LogP contribution in [0.5, 0.6) is 0 Å². The molecule has 6 nitrogen and oxygen atoms in total. The Bertz CT molecular complexity index is 1550. The number of rotatable bonds is 6. The van der Waals surface area contributed by atoms with Gasteiger partial charge in [-0.25, -0.2) is 25.9 Å². The number of fused-ring (bicyclic) bond motifs is 1. The molecule has 0 amide bonds. The zero-order chi connectivity index (χ0) is 26.3. The van der Waals surface area contributed by atoms with Crippen molar-refractivity contribution >= 4 is 49.0 Å². The number of halogens is 2. The molecule has 1 atom stereocenters. The van der Waals surface area contributed by atoms with Crippen molar-refractivity contribution in [1.29, 1.82) is 0 Å². The highest BCUT2D eigenvalue weighted by atomic mass is 35.5. The first-order valence-corrected chi connectivity index (χ1v) is 14.9. The van der Waals surface area contributed by atoms with E-state index in [2.05, 4.69) is 4.72 Å². The summed E-state index contributed by atoms with van der Waals surface area (Å²) >= 11 is 6.21. The van der Waals surface area contributed by atoms with E-state index >= 15 is 0 Å². The molecule has 0 saturated heterocycles. The van der Waals surface area contributed by atoms with Gasteiger partial charge in [-0.2, -0.15) is 0 Å². The maximum absolute atomic E-state index is 14.4. The van der Waals surface area contributed by atoms with Gasteiger partial charge in [-0.15, -0.1) is 0 Å². The quantitative estimate of drug-likeness (QED) is 0.439. The normalized spacial score (nSPS) is 16.6. The summed E-state index contributed by atoms with van der Waals surface area (Å²) in [6.45, 7) is 3.47. The van der Waals surface area contributed by atoms with Crippen LogP contribution in [0.4, 0.5) is 10.1 Å². The van der Waals surface area contributed by atoms with Crippen LogP contribution >= 0.6 is 11.6 Å². The predicted molar refractivity (Wildman–Crippen MR) is 143 cm³/mol. The van der Waals surface area contributed by atoms with Crippen molar-refractivity contribution in [3.05, 3.63) is 93.8 Å². The summed E-state index contributed by atoms with van der Waals surface area (Å²) in [4.78, 5) is 0.115. The minimum absolute atomic E-state index is 0.0678. The molecule has 3 aromatic carbocycles. The van der Waals surface area contributed by atoms with Gasteiger partial charge in [-0.1, -0.05) is 48.0 Å². The second-order valence-corrected chi connectivity index (χ2v) is 13.0. The molecule has 0 radical (unpaired) electrons. The van der Waals surface area contributed by atoms with E-state index < -0.39 is 31.9 Å².